The number of aliphatic hydroxyl groups is 1. The molecule has 6 heteroatoms. The highest BCUT2D eigenvalue weighted by Gasteiger charge is 2.50. The predicted octanol–water partition coefficient (Wildman–Crippen LogP) is 1.29. The number of hydrogen-bond donors (Lipinski definition) is 3. The van der Waals surface area contributed by atoms with Crippen molar-refractivity contribution in [1.29, 1.82) is 0 Å². The number of nitrogens with one attached hydrogen (secondary N) is 2. The zero-order chi connectivity index (χ0) is 18.5. The van der Waals surface area contributed by atoms with Crippen LogP contribution in [-0.4, -0.2) is 54.6 Å². The molecule has 2 heterocycles. The molecule has 1 amide bonds. The average molecular weight is 362 g/mol. The van der Waals surface area contributed by atoms with Crippen molar-refractivity contribution in [2.45, 2.75) is 70.2 Å². The first-order valence-corrected chi connectivity index (χ1v) is 9.59. The van der Waals surface area contributed by atoms with Crippen molar-refractivity contribution in [1.82, 2.24) is 10.6 Å². The Kier molecular flexibility index (Phi) is 6.64. The molecule has 0 bridgehead atoms. The highest BCUT2D eigenvalue weighted by Crippen LogP contribution is 2.35. The predicted molar refractivity (Wildman–Crippen MR) is 98.7 cm³/mol. The molecule has 2 aliphatic rings. The third kappa shape index (κ3) is 4.62. The Labute approximate surface area is 155 Å². The molecule has 26 heavy (non-hydrogen) atoms. The number of rotatable bonds is 8. The van der Waals surface area contributed by atoms with Crippen LogP contribution in [0.5, 0.6) is 0 Å². The largest absolute Gasteiger partial charge is 0.388 e. The number of amides is 1. The normalized spacial score (nSPS) is 30.3. The van der Waals surface area contributed by atoms with Crippen molar-refractivity contribution in [2.75, 3.05) is 13.1 Å². The molecule has 1 aromatic rings. The van der Waals surface area contributed by atoms with E-state index in [1.165, 1.54) is 11.1 Å². The molecule has 2 aliphatic heterocycles. The molecule has 6 nitrogen and oxygen atoms in total. The van der Waals surface area contributed by atoms with Gasteiger partial charge in [-0.1, -0.05) is 31.2 Å². The van der Waals surface area contributed by atoms with E-state index in [1.54, 1.807) is 0 Å². The number of carbonyl (C=O) groups excluding carboxylic acids is 1. The summed E-state index contributed by atoms with van der Waals surface area (Å²) in [7, 11) is 0. The van der Waals surface area contributed by atoms with E-state index in [-0.39, 0.29) is 30.3 Å². The van der Waals surface area contributed by atoms with E-state index in [2.05, 4.69) is 29.7 Å². The molecule has 144 valence electrons. The van der Waals surface area contributed by atoms with Gasteiger partial charge in [-0.2, -0.15) is 0 Å². The smallest absolute Gasteiger partial charge is 0.222 e. The van der Waals surface area contributed by atoms with E-state index >= 15 is 0 Å². The summed E-state index contributed by atoms with van der Waals surface area (Å²) in [6, 6.07) is 8.24. The van der Waals surface area contributed by atoms with Crippen LogP contribution in [0.25, 0.3) is 0 Å². The molecule has 0 aliphatic carbocycles. The third-order valence-electron chi connectivity index (χ3n) is 5.19. The Hall–Kier alpha value is -1.47. The fourth-order valence-corrected chi connectivity index (χ4v) is 3.71. The maximum atomic E-state index is 11.8. The summed E-state index contributed by atoms with van der Waals surface area (Å²) in [5.41, 5.74) is 2.49. The van der Waals surface area contributed by atoms with Crippen LogP contribution in [0.3, 0.4) is 0 Å². The van der Waals surface area contributed by atoms with E-state index in [4.69, 9.17) is 9.47 Å². The van der Waals surface area contributed by atoms with Gasteiger partial charge in [-0.15, -0.1) is 0 Å². The van der Waals surface area contributed by atoms with E-state index in [9.17, 15) is 9.90 Å². The molecule has 0 spiro atoms. The van der Waals surface area contributed by atoms with Crippen LogP contribution in [0, 0.1) is 6.92 Å². The van der Waals surface area contributed by atoms with Crippen molar-refractivity contribution >= 4 is 5.91 Å². The molecule has 3 N–H and O–H groups in total. The van der Waals surface area contributed by atoms with Gasteiger partial charge in [-0.3, -0.25) is 4.79 Å². The number of aliphatic hydroxyl groups excluding tert-OH is 1. The number of hydrogen-bond acceptors (Lipinski definition) is 5. The molecular weight excluding hydrogens is 332 g/mol. The standard InChI is InChI=1S/C20H30N2O4/c1-3-8-22-18(23)10-15-9-16-20(25-15)19(24)17(26-16)12-21-11-14-7-5-4-6-13(14)2/h4-7,15-17,19-21,24H,3,8-12H2,1-2H3,(H,22,23)/t15-,16+,17+,19+,20-/m0/s1. The van der Waals surface area contributed by atoms with Gasteiger partial charge in [0, 0.05) is 26.1 Å². The first-order chi connectivity index (χ1) is 12.6. The molecule has 5 atom stereocenters. The maximum absolute atomic E-state index is 11.8. The summed E-state index contributed by atoms with van der Waals surface area (Å²) in [5, 5.41) is 16.7. The molecule has 0 saturated carbocycles. The monoisotopic (exact) mass is 362 g/mol. The number of aryl methyl sites for hydroxylation is 1. The van der Waals surface area contributed by atoms with Gasteiger partial charge in [-0.05, 0) is 24.5 Å². The molecule has 2 saturated heterocycles. The topological polar surface area (TPSA) is 79.8 Å². The minimum Gasteiger partial charge on any atom is -0.388 e. The lowest BCUT2D eigenvalue weighted by molar-refractivity contribution is -0.124. The minimum absolute atomic E-state index is 0.00256. The number of carbonyl (C=O) groups is 1. The number of fused-ring (bicyclic) bond motifs is 1. The van der Waals surface area contributed by atoms with Crippen molar-refractivity contribution in [2.24, 2.45) is 0 Å². The lowest BCUT2D eigenvalue weighted by Gasteiger charge is -2.20. The van der Waals surface area contributed by atoms with E-state index in [0.717, 1.165) is 13.0 Å². The van der Waals surface area contributed by atoms with Gasteiger partial charge >= 0.3 is 0 Å². The average Bonchev–Trinajstić information content (AvgIpc) is 3.14. The summed E-state index contributed by atoms with van der Waals surface area (Å²) < 4.78 is 11.9. The Balaban J connectivity index is 1.42. The molecule has 0 radical (unpaired) electrons. The van der Waals surface area contributed by atoms with Crippen molar-refractivity contribution in [3.63, 3.8) is 0 Å². The summed E-state index contributed by atoms with van der Waals surface area (Å²) in [6.45, 7) is 6.12. The van der Waals surface area contributed by atoms with Crippen LogP contribution < -0.4 is 10.6 Å². The maximum Gasteiger partial charge on any atom is 0.222 e. The Morgan fingerprint density at radius 1 is 1.31 bits per heavy atom. The first-order valence-electron chi connectivity index (χ1n) is 9.59. The fourth-order valence-electron chi connectivity index (χ4n) is 3.71. The van der Waals surface area contributed by atoms with Crippen LogP contribution in [-0.2, 0) is 20.8 Å². The quantitative estimate of drug-likeness (QED) is 0.649. The summed E-state index contributed by atoms with van der Waals surface area (Å²) in [6.07, 6.45) is 0.355. The van der Waals surface area contributed by atoms with Crippen LogP contribution in [0.15, 0.2) is 24.3 Å². The van der Waals surface area contributed by atoms with Crippen molar-refractivity contribution < 1.29 is 19.4 Å². The first kappa shape index (κ1) is 19.3. The minimum atomic E-state index is -0.659. The summed E-state index contributed by atoms with van der Waals surface area (Å²) in [4.78, 5) is 11.8. The summed E-state index contributed by atoms with van der Waals surface area (Å²) in [5.74, 6) is 0.00256. The van der Waals surface area contributed by atoms with Gasteiger partial charge < -0.3 is 25.2 Å². The Morgan fingerprint density at radius 2 is 2.12 bits per heavy atom. The number of benzene rings is 1. The van der Waals surface area contributed by atoms with Gasteiger partial charge in [0.2, 0.25) is 5.91 Å². The van der Waals surface area contributed by atoms with Crippen LogP contribution in [0.2, 0.25) is 0 Å². The zero-order valence-corrected chi connectivity index (χ0v) is 15.6. The Bertz CT molecular complexity index is 609. The molecule has 3 rings (SSSR count). The second-order valence-electron chi connectivity index (χ2n) is 7.27. The lowest BCUT2D eigenvalue weighted by Crippen LogP contribution is -2.39. The number of ether oxygens (including phenoxy) is 2. The molecular formula is C20H30N2O4. The highest BCUT2D eigenvalue weighted by atomic mass is 16.6. The van der Waals surface area contributed by atoms with Gasteiger partial charge in [0.05, 0.1) is 24.7 Å². The fraction of sp³-hybridized carbons (Fsp3) is 0.650. The summed E-state index contributed by atoms with van der Waals surface area (Å²) >= 11 is 0. The molecule has 2 fully saturated rings. The Morgan fingerprint density at radius 3 is 2.85 bits per heavy atom. The second-order valence-corrected chi connectivity index (χ2v) is 7.27. The van der Waals surface area contributed by atoms with Crippen LogP contribution in [0.1, 0.15) is 37.3 Å². The van der Waals surface area contributed by atoms with Crippen molar-refractivity contribution in [3.8, 4) is 0 Å². The van der Waals surface area contributed by atoms with E-state index in [1.807, 2.05) is 19.1 Å². The zero-order valence-electron chi connectivity index (χ0n) is 15.6. The van der Waals surface area contributed by atoms with Gasteiger partial charge in [0.1, 0.15) is 12.2 Å². The van der Waals surface area contributed by atoms with Gasteiger partial charge in [-0.25, -0.2) is 0 Å². The highest BCUT2D eigenvalue weighted by molar-refractivity contribution is 5.76. The molecule has 0 aromatic heterocycles. The third-order valence-corrected chi connectivity index (χ3v) is 5.19. The SMILES string of the molecule is CCCNC(=O)C[C@@H]1C[C@H]2O[C@H](CNCc3ccccc3C)[C@@H](O)[C@H]2O1. The molecule has 1 aromatic carbocycles. The van der Waals surface area contributed by atoms with E-state index < -0.39 is 6.10 Å². The lowest BCUT2D eigenvalue weighted by atomic mass is 10.1. The van der Waals surface area contributed by atoms with Gasteiger partial charge in [0.25, 0.3) is 0 Å². The van der Waals surface area contributed by atoms with Crippen LogP contribution >= 0.6 is 0 Å². The molecule has 0 unspecified atom stereocenters. The van der Waals surface area contributed by atoms with Gasteiger partial charge in [0.15, 0.2) is 0 Å². The van der Waals surface area contributed by atoms with E-state index in [0.29, 0.717) is 25.9 Å². The van der Waals surface area contributed by atoms with Crippen LogP contribution in [0.4, 0.5) is 0 Å². The second kappa shape index (κ2) is 8.95. The van der Waals surface area contributed by atoms with Crippen molar-refractivity contribution in [3.05, 3.63) is 35.4 Å².